The van der Waals surface area contributed by atoms with Crippen molar-refractivity contribution in [2.24, 2.45) is 0 Å². The van der Waals surface area contributed by atoms with Gasteiger partial charge in [-0.05, 0) is 30.9 Å². The first kappa shape index (κ1) is 11.3. The molecular weight excluding hydrogens is 228 g/mol. The van der Waals surface area contributed by atoms with Gasteiger partial charge in [0, 0.05) is 30.5 Å². The molecule has 88 valence electrons. The molecule has 0 amide bonds. The Morgan fingerprint density at radius 2 is 2.44 bits per heavy atom. The number of aromatic nitrogens is 3. The van der Waals surface area contributed by atoms with Crippen molar-refractivity contribution < 1.29 is 9.90 Å². The highest BCUT2D eigenvalue weighted by atomic mass is 32.1. The molecule has 6 nitrogen and oxygen atoms in total. The van der Waals surface area contributed by atoms with Gasteiger partial charge in [0.2, 0.25) is 5.13 Å². The number of carboxylic acid groups (broad SMARTS) is 1. The number of rotatable bonds is 4. The van der Waals surface area contributed by atoms with Crippen molar-refractivity contribution in [3.05, 3.63) is 0 Å². The molecule has 0 aromatic carbocycles. The van der Waals surface area contributed by atoms with Gasteiger partial charge in [-0.1, -0.05) is 9.59 Å². The molecule has 7 heteroatoms. The summed E-state index contributed by atoms with van der Waals surface area (Å²) in [6, 6.07) is 0.277. The van der Waals surface area contributed by atoms with E-state index in [4.69, 9.17) is 5.11 Å². The first-order valence-corrected chi connectivity index (χ1v) is 6.18. The van der Waals surface area contributed by atoms with Crippen molar-refractivity contribution in [3.63, 3.8) is 0 Å². The Morgan fingerprint density at radius 3 is 3.12 bits per heavy atom. The first-order chi connectivity index (χ1) is 7.77. The van der Waals surface area contributed by atoms with Gasteiger partial charge < -0.3 is 10.0 Å². The van der Waals surface area contributed by atoms with E-state index in [-0.39, 0.29) is 12.5 Å². The van der Waals surface area contributed by atoms with E-state index < -0.39 is 5.97 Å². The fourth-order valence-electron chi connectivity index (χ4n) is 2.08. The third-order valence-corrected chi connectivity index (χ3v) is 3.49. The third-order valence-electron chi connectivity index (χ3n) is 2.85. The predicted molar refractivity (Wildman–Crippen MR) is 59.6 cm³/mol. The highest BCUT2D eigenvalue weighted by Crippen LogP contribution is 2.27. The molecule has 2 heterocycles. The Bertz CT molecular complexity index is 343. The fraction of sp³-hybridized carbons (Fsp3) is 0.778. The maximum Gasteiger partial charge on any atom is 0.303 e. The standard InChI is InChI=1S/C9H14N4O2S/c14-8(15)5-4-7-3-1-2-6-13(7)9-10-11-12-16-9/h7H,1-6H2,(H,14,15). The van der Waals surface area contributed by atoms with Crippen LogP contribution in [0.15, 0.2) is 0 Å². The fourth-order valence-corrected chi connectivity index (χ4v) is 2.65. The van der Waals surface area contributed by atoms with Crippen molar-refractivity contribution in [1.29, 1.82) is 0 Å². The van der Waals surface area contributed by atoms with Crippen molar-refractivity contribution in [3.8, 4) is 0 Å². The van der Waals surface area contributed by atoms with Crippen LogP contribution in [-0.2, 0) is 4.79 Å². The average Bonchev–Trinajstić information content (AvgIpc) is 2.80. The molecule has 1 aromatic heterocycles. The number of nitrogens with zero attached hydrogens (tertiary/aromatic N) is 4. The summed E-state index contributed by atoms with van der Waals surface area (Å²) in [6.07, 6.45) is 4.21. The molecule has 0 bridgehead atoms. The zero-order valence-electron chi connectivity index (χ0n) is 8.87. The van der Waals surface area contributed by atoms with E-state index in [2.05, 4.69) is 19.7 Å². The van der Waals surface area contributed by atoms with Crippen molar-refractivity contribution in [2.45, 2.75) is 38.1 Å². The summed E-state index contributed by atoms with van der Waals surface area (Å²) >= 11 is 1.27. The SMILES string of the molecule is O=C(O)CCC1CCCCN1c1nnns1. The molecule has 1 fully saturated rings. The second kappa shape index (κ2) is 5.20. The van der Waals surface area contributed by atoms with E-state index >= 15 is 0 Å². The molecule has 16 heavy (non-hydrogen) atoms. The maximum absolute atomic E-state index is 10.6. The number of hydrogen-bond donors (Lipinski definition) is 1. The van der Waals surface area contributed by atoms with E-state index in [0.717, 1.165) is 30.9 Å². The summed E-state index contributed by atoms with van der Waals surface area (Å²) < 4.78 is 3.75. The molecule has 1 N–H and O–H groups in total. The molecule has 0 saturated carbocycles. The zero-order chi connectivity index (χ0) is 11.4. The molecular formula is C9H14N4O2S. The third kappa shape index (κ3) is 2.66. The number of aliphatic carboxylic acids is 1. The summed E-state index contributed by atoms with van der Waals surface area (Å²) in [6.45, 7) is 0.932. The van der Waals surface area contributed by atoms with Crippen molar-refractivity contribution >= 4 is 22.6 Å². The van der Waals surface area contributed by atoms with Crippen LogP contribution in [0.4, 0.5) is 5.13 Å². The van der Waals surface area contributed by atoms with Gasteiger partial charge in [0.1, 0.15) is 0 Å². The lowest BCUT2D eigenvalue weighted by Crippen LogP contribution is -2.39. The van der Waals surface area contributed by atoms with Crippen LogP contribution >= 0.6 is 11.5 Å². The Balaban J connectivity index is 2.00. The lowest BCUT2D eigenvalue weighted by Gasteiger charge is -2.34. The van der Waals surface area contributed by atoms with Crippen molar-refractivity contribution in [1.82, 2.24) is 14.8 Å². The van der Waals surface area contributed by atoms with E-state index in [9.17, 15) is 4.79 Å². The maximum atomic E-state index is 10.6. The molecule has 1 atom stereocenters. The topological polar surface area (TPSA) is 79.2 Å². The number of hydrogen-bond acceptors (Lipinski definition) is 6. The van der Waals surface area contributed by atoms with Gasteiger partial charge in [-0.2, -0.15) is 0 Å². The smallest absolute Gasteiger partial charge is 0.303 e. The first-order valence-electron chi connectivity index (χ1n) is 5.41. The normalized spacial score (nSPS) is 21.0. The van der Waals surface area contributed by atoms with Crippen LogP contribution in [-0.4, -0.2) is 38.5 Å². The number of anilines is 1. The summed E-state index contributed by atoms with van der Waals surface area (Å²) in [5, 5.41) is 17.1. The second-order valence-electron chi connectivity index (χ2n) is 3.92. The average molecular weight is 242 g/mol. The van der Waals surface area contributed by atoms with Crippen LogP contribution in [0.2, 0.25) is 0 Å². The minimum atomic E-state index is -0.735. The summed E-state index contributed by atoms with van der Waals surface area (Å²) in [4.78, 5) is 12.7. The van der Waals surface area contributed by atoms with Crippen LogP contribution < -0.4 is 4.90 Å². The van der Waals surface area contributed by atoms with Gasteiger partial charge in [0.25, 0.3) is 0 Å². The van der Waals surface area contributed by atoms with Gasteiger partial charge in [0.05, 0.1) is 0 Å². The van der Waals surface area contributed by atoms with Gasteiger partial charge >= 0.3 is 5.97 Å². The Hall–Kier alpha value is -1.24. The number of piperidine rings is 1. The lowest BCUT2D eigenvalue weighted by molar-refractivity contribution is -0.137. The highest BCUT2D eigenvalue weighted by Gasteiger charge is 2.25. The molecule has 0 radical (unpaired) electrons. The van der Waals surface area contributed by atoms with Gasteiger partial charge in [0.15, 0.2) is 0 Å². The van der Waals surface area contributed by atoms with E-state index in [1.165, 1.54) is 11.5 Å². The minimum absolute atomic E-state index is 0.216. The molecule has 1 aromatic rings. The Morgan fingerprint density at radius 1 is 1.56 bits per heavy atom. The molecule has 0 aliphatic carbocycles. The Labute approximate surface area is 97.4 Å². The molecule has 1 aliphatic heterocycles. The lowest BCUT2D eigenvalue weighted by atomic mass is 9.98. The molecule has 0 spiro atoms. The predicted octanol–water partition coefficient (Wildman–Crippen LogP) is 1.16. The molecule has 1 saturated heterocycles. The monoisotopic (exact) mass is 242 g/mol. The number of carbonyl (C=O) groups is 1. The minimum Gasteiger partial charge on any atom is -0.481 e. The molecule has 1 aliphatic rings. The van der Waals surface area contributed by atoms with E-state index in [0.29, 0.717) is 6.42 Å². The van der Waals surface area contributed by atoms with Crippen LogP contribution in [0.3, 0.4) is 0 Å². The van der Waals surface area contributed by atoms with Crippen molar-refractivity contribution in [2.75, 3.05) is 11.4 Å². The quantitative estimate of drug-likeness (QED) is 0.853. The largest absolute Gasteiger partial charge is 0.481 e. The number of carboxylic acids is 1. The van der Waals surface area contributed by atoms with Crippen LogP contribution in [0.25, 0.3) is 0 Å². The van der Waals surface area contributed by atoms with Crippen LogP contribution in [0, 0.1) is 0 Å². The Kier molecular flexibility index (Phi) is 3.66. The summed E-state index contributed by atoms with van der Waals surface area (Å²) in [5.41, 5.74) is 0. The summed E-state index contributed by atoms with van der Waals surface area (Å²) in [7, 11) is 0. The zero-order valence-corrected chi connectivity index (χ0v) is 9.69. The summed E-state index contributed by atoms with van der Waals surface area (Å²) in [5.74, 6) is -0.735. The molecule has 2 rings (SSSR count). The van der Waals surface area contributed by atoms with E-state index in [1.54, 1.807) is 0 Å². The second-order valence-corrected chi connectivity index (χ2v) is 4.63. The van der Waals surface area contributed by atoms with Gasteiger partial charge in [-0.25, -0.2) is 0 Å². The van der Waals surface area contributed by atoms with Crippen LogP contribution in [0.1, 0.15) is 32.1 Å². The van der Waals surface area contributed by atoms with Crippen LogP contribution in [0.5, 0.6) is 0 Å². The van der Waals surface area contributed by atoms with Gasteiger partial charge in [-0.3, -0.25) is 4.79 Å². The highest BCUT2D eigenvalue weighted by molar-refractivity contribution is 7.09. The van der Waals surface area contributed by atoms with Gasteiger partial charge in [-0.15, -0.1) is 0 Å². The van der Waals surface area contributed by atoms with E-state index in [1.807, 2.05) is 0 Å². The molecule has 1 unspecified atom stereocenters.